The number of nitrogens with zero attached hydrogens (tertiary/aromatic N) is 6. The highest BCUT2D eigenvalue weighted by Crippen LogP contribution is 2.45. The first-order valence-electron chi connectivity index (χ1n) is 12.4. The van der Waals surface area contributed by atoms with Crippen molar-refractivity contribution in [3.8, 4) is 0 Å². The van der Waals surface area contributed by atoms with E-state index in [1.165, 1.54) is 26.6 Å². The number of sulfonamides is 1. The molecule has 0 amide bonds. The van der Waals surface area contributed by atoms with Gasteiger partial charge in [0, 0.05) is 31.1 Å². The van der Waals surface area contributed by atoms with E-state index in [2.05, 4.69) is 36.0 Å². The number of fused-ring (bicyclic) bond motifs is 4. The Morgan fingerprint density at radius 1 is 1.08 bits per heavy atom. The van der Waals surface area contributed by atoms with Crippen molar-refractivity contribution in [3.63, 3.8) is 0 Å². The van der Waals surface area contributed by atoms with Crippen LogP contribution < -0.4 is 4.90 Å². The largest absolute Gasteiger partial charge is 0.353 e. The van der Waals surface area contributed by atoms with Crippen LogP contribution in [0, 0.1) is 18.3 Å². The van der Waals surface area contributed by atoms with Crippen molar-refractivity contribution in [1.82, 2.24) is 24.6 Å². The Kier molecular flexibility index (Phi) is 5.58. The first-order valence-corrected chi connectivity index (χ1v) is 14.6. The fourth-order valence-electron chi connectivity index (χ4n) is 5.50. The summed E-state index contributed by atoms with van der Waals surface area (Å²) in [6, 6.07) is 4.92. The summed E-state index contributed by atoms with van der Waals surface area (Å²) in [5, 5.41) is 8.78. The Bertz CT molecular complexity index is 1560. The molecule has 0 saturated carbocycles. The van der Waals surface area contributed by atoms with Crippen LogP contribution in [0.4, 0.5) is 5.82 Å². The lowest BCUT2D eigenvalue weighted by Gasteiger charge is -2.36. The molecule has 4 aromatic rings. The molecule has 0 bridgehead atoms. The summed E-state index contributed by atoms with van der Waals surface area (Å²) in [5.74, 6) is 2.36. The summed E-state index contributed by atoms with van der Waals surface area (Å²) in [6.45, 7) is 10.8. The highest BCUT2D eigenvalue weighted by atomic mass is 32.2. The van der Waals surface area contributed by atoms with Crippen molar-refractivity contribution in [2.75, 3.05) is 31.1 Å². The summed E-state index contributed by atoms with van der Waals surface area (Å²) in [6.07, 6.45) is 3.30. The van der Waals surface area contributed by atoms with Crippen LogP contribution in [0.1, 0.15) is 43.5 Å². The zero-order valence-electron chi connectivity index (χ0n) is 21.0. The normalized spacial score (nSPS) is 19.8. The van der Waals surface area contributed by atoms with Crippen molar-refractivity contribution >= 4 is 48.4 Å². The quantitative estimate of drug-likeness (QED) is 0.391. The number of aryl methyl sites for hydroxylation is 2. The van der Waals surface area contributed by atoms with Gasteiger partial charge in [0.15, 0.2) is 5.52 Å². The van der Waals surface area contributed by atoms with E-state index in [-0.39, 0.29) is 15.8 Å². The van der Waals surface area contributed by atoms with Gasteiger partial charge in [-0.05, 0) is 65.5 Å². The SMILES string of the molecule is Cc1nc(N2CCN(S(=O)(=O)c3cccc4nonc34)CC2)c2c3c(sc2n1)C[C@@H](C(C)(C)C)CC3. The van der Waals surface area contributed by atoms with Crippen LogP contribution in [0.15, 0.2) is 27.7 Å². The van der Waals surface area contributed by atoms with E-state index in [0.29, 0.717) is 37.6 Å². The first-order chi connectivity index (χ1) is 17.1. The van der Waals surface area contributed by atoms with Crippen LogP contribution in [0.2, 0.25) is 0 Å². The van der Waals surface area contributed by atoms with E-state index in [0.717, 1.165) is 29.3 Å². The van der Waals surface area contributed by atoms with Crippen LogP contribution in [-0.4, -0.2) is 59.2 Å². The number of hydrogen-bond acceptors (Lipinski definition) is 9. The minimum absolute atomic E-state index is 0.135. The van der Waals surface area contributed by atoms with Gasteiger partial charge in [0.1, 0.15) is 26.9 Å². The third-order valence-electron chi connectivity index (χ3n) is 7.63. The molecule has 1 fully saturated rings. The lowest BCUT2D eigenvalue weighted by atomic mass is 9.72. The molecule has 1 aliphatic heterocycles. The van der Waals surface area contributed by atoms with Gasteiger partial charge < -0.3 is 4.90 Å². The van der Waals surface area contributed by atoms with Gasteiger partial charge in [-0.15, -0.1) is 11.3 Å². The van der Waals surface area contributed by atoms with Crippen molar-refractivity contribution < 1.29 is 13.0 Å². The highest BCUT2D eigenvalue weighted by Gasteiger charge is 2.35. The Morgan fingerprint density at radius 3 is 2.61 bits per heavy atom. The van der Waals surface area contributed by atoms with Crippen molar-refractivity contribution in [2.24, 2.45) is 11.3 Å². The molecule has 190 valence electrons. The number of thiophene rings is 1. The molecule has 36 heavy (non-hydrogen) atoms. The zero-order valence-corrected chi connectivity index (χ0v) is 22.6. The summed E-state index contributed by atoms with van der Waals surface area (Å²) in [4.78, 5) is 14.5. The Morgan fingerprint density at radius 2 is 1.86 bits per heavy atom. The third-order valence-corrected chi connectivity index (χ3v) is 10.7. The van der Waals surface area contributed by atoms with Gasteiger partial charge in [0.05, 0.1) is 5.39 Å². The molecular weight excluding hydrogens is 496 g/mol. The predicted molar refractivity (Wildman–Crippen MR) is 140 cm³/mol. The van der Waals surface area contributed by atoms with Crippen LogP contribution >= 0.6 is 11.3 Å². The van der Waals surface area contributed by atoms with Gasteiger partial charge in [-0.25, -0.2) is 23.0 Å². The fourth-order valence-corrected chi connectivity index (χ4v) is 8.40. The molecule has 0 radical (unpaired) electrons. The van der Waals surface area contributed by atoms with Crippen LogP contribution in [0.5, 0.6) is 0 Å². The molecular formula is C25H30N6O3S2. The fraction of sp³-hybridized carbons (Fsp3) is 0.520. The molecule has 1 aliphatic carbocycles. The molecule has 6 rings (SSSR count). The molecule has 0 spiro atoms. The van der Waals surface area contributed by atoms with Gasteiger partial charge in [-0.2, -0.15) is 4.31 Å². The smallest absolute Gasteiger partial charge is 0.245 e. The third kappa shape index (κ3) is 3.88. The van der Waals surface area contributed by atoms with E-state index in [4.69, 9.17) is 14.6 Å². The molecule has 11 heteroatoms. The number of piperazine rings is 1. The van der Waals surface area contributed by atoms with E-state index >= 15 is 0 Å². The number of anilines is 1. The topological polar surface area (TPSA) is 105 Å². The summed E-state index contributed by atoms with van der Waals surface area (Å²) in [5.41, 5.74) is 2.38. The minimum Gasteiger partial charge on any atom is -0.353 e. The second-order valence-corrected chi connectivity index (χ2v) is 13.9. The average Bonchev–Trinajstić information content (AvgIpc) is 3.46. The Balaban J connectivity index is 1.29. The first kappa shape index (κ1) is 23.7. The molecule has 0 unspecified atom stereocenters. The van der Waals surface area contributed by atoms with E-state index in [9.17, 15) is 8.42 Å². The van der Waals surface area contributed by atoms with Crippen LogP contribution in [0.25, 0.3) is 21.3 Å². The van der Waals surface area contributed by atoms with E-state index < -0.39 is 10.0 Å². The standard InChI is InChI=1S/C25H30N6O3S2/c1-15-26-23(21-17-9-8-16(25(2,3)4)14-19(17)35-24(21)27-15)30-10-12-31(13-11-30)36(32,33)20-7-5-6-18-22(20)29-34-28-18/h5-7,16H,8-14H2,1-4H3/t16-/m0/s1. The molecule has 0 N–H and O–H groups in total. The molecule has 3 aromatic heterocycles. The Labute approximate surface area is 214 Å². The monoisotopic (exact) mass is 526 g/mol. The maximum atomic E-state index is 13.4. The number of hydrogen-bond donors (Lipinski definition) is 0. The van der Waals surface area contributed by atoms with Crippen LogP contribution in [0.3, 0.4) is 0 Å². The molecule has 2 aliphatic rings. The molecule has 1 atom stereocenters. The summed E-state index contributed by atoms with van der Waals surface area (Å²) in [7, 11) is -3.73. The van der Waals surface area contributed by atoms with Crippen molar-refractivity contribution in [1.29, 1.82) is 0 Å². The molecule has 1 saturated heterocycles. The van der Waals surface area contributed by atoms with Crippen molar-refractivity contribution in [2.45, 2.75) is 51.9 Å². The second-order valence-electron chi connectivity index (χ2n) is 10.9. The minimum atomic E-state index is -3.73. The Hall–Kier alpha value is -2.63. The number of benzene rings is 1. The van der Waals surface area contributed by atoms with Gasteiger partial charge in [-0.1, -0.05) is 26.8 Å². The lowest BCUT2D eigenvalue weighted by molar-refractivity contribution is 0.218. The van der Waals surface area contributed by atoms with Gasteiger partial charge in [0.2, 0.25) is 10.0 Å². The molecule has 1 aromatic carbocycles. The van der Waals surface area contributed by atoms with Crippen molar-refractivity contribution in [3.05, 3.63) is 34.5 Å². The van der Waals surface area contributed by atoms with Crippen LogP contribution in [-0.2, 0) is 22.9 Å². The molecule has 4 heterocycles. The summed E-state index contributed by atoms with van der Waals surface area (Å²) < 4.78 is 33.2. The zero-order chi connectivity index (χ0) is 25.2. The van der Waals surface area contributed by atoms with E-state index in [1.54, 1.807) is 18.2 Å². The maximum absolute atomic E-state index is 13.4. The highest BCUT2D eigenvalue weighted by molar-refractivity contribution is 7.89. The summed E-state index contributed by atoms with van der Waals surface area (Å²) >= 11 is 1.81. The van der Waals surface area contributed by atoms with Gasteiger partial charge in [-0.3, -0.25) is 0 Å². The second kappa shape index (κ2) is 8.46. The number of aromatic nitrogens is 4. The van der Waals surface area contributed by atoms with E-state index in [1.807, 2.05) is 18.3 Å². The average molecular weight is 527 g/mol. The van der Waals surface area contributed by atoms with Gasteiger partial charge >= 0.3 is 0 Å². The lowest BCUT2D eigenvalue weighted by Crippen LogP contribution is -2.49. The maximum Gasteiger partial charge on any atom is 0.245 e. The number of rotatable bonds is 3. The van der Waals surface area contributed by atoms with Gasteiger partial charge in [0.25, 0.3) is 0 Å². The molecule has 9 nitrogen and oxygen atoms in total. The predicted octanol–water partition coefficient (Wildman–Crippen LogP) is 4.20.